The van der Waals surface area contributed by atoms with Gasteiger partial charge in [0.25, 0.3) is 0 Å². The van der Waals surface area contributed by atoms with Gasteiger partial charge in [0.2, 0.25) is 5.91 Å². The van der Waals surface area contributed by atoms with Gasteiger partial charge < -0.3 is 10.2 Å². The highest BCUT2D eigenvalue weighted by Gasteiger charge is 2.16. The number of nitrogens with zero attached hydrogens (tertiary/aromatic N) is 1. The van der Waals surface area contributed by atoms with E-state index < -0.39 is 0 Å². The lowest BCUT2D eigenvalue weighted by atomic mass is 9.98. The van der Waals surface area contributed by atoms with Gasteiger partial charge in [0.15, 0.2) is 0 Å². The molecule has 5 heteroatoms. The zero-order valence-corrected chi connectivity index (χ0v) is 18.1. The highest BCUT2D eigenvalue weighted by atomic mass is 35.5. The second-order valence-corrected chi connectivity index (χ2v) is 8.63. The van der Waals surface area contributed by atoms with Crippen LogP contribution in [0.2, 0.25) is 10.0 Å². The number of anilines is 1. The predicted octanol–water partition coefficient (Wildman–Crippen LogP) is 6.04. The van der Waals surface area contributed by atoms with Crippen LogP contribution in [0.1, 0.15) is 50.3 Å². The van der Waals surface area contributed by atoms with Crippen molar-refractivity contribution < 1.29 is 4.79 Å². The number of nitrogens with one attached hydrogen (secondary N) is 1. The molecule has 1 aliphatic rings. The van der Waals surface area contributed by atoms with E-state index >= 15 is 0 Å². The first-order chi connectivity index (χ1) is 13.4. The van der Waals surface area contributed by atoms with E-state index in [2.05, 4.69) is 41.4 Å². The molecule has 0 saturated carbocycles. The fourth-order valence-electron chi connectivity index (χ4n) is 3.61. The number of halogens is 2. The number of benzene rings is 2. The van der Waals surface area contributed by atoms with Crippen molar-refractivity contribution in [2.24, 2.45) is 5.92 Å². The van der Waals surface area contributed by atoms with Gasteiger partial charge in [-0.05, 0) is 67.5 Å². The molecule has 1 unspecified atom stereocenters. The Morgan fingerprint density at radius 3 is 2.46 bits per heavy atom. The molecule has 1 saturated heterocycles. The molecule has 0 aromatic heterocycles. The van der Waals surface area contributed by atoms with Crippen LogP contribution in [0, 0.1) is 5.92 Å². The summed E-state index contributed by atoms with van der Waals surface area (Å²) in [5.41, 5.74) is 3.33. The summed E-state index contributed by atoms with van der Waals surface area (Å²) >= 11 is 12.1. The lowest BCUT2D eigenvalue weighted by Gasteiger charge is -2.32. The van der Waals surface area contributed by atoms with Crippen molar-refractivity contribution in [1.82, 2.24) is 5.32 Å². The number of aryl methyl sites for hydroxylation is 1. The molecule has 28 heavy (non-hydrogen) atoms. The van der Waals surface area contributed by atoms with Crippen LogP contribution in [0.25, 0.3) is 0 Å². The third-order valence-electron chi connectivity index (χ3n) is 5.56. The van der Waals surface area contributed by atoms with Crippen molar-refractivity contribution >= 4 is 34.8 Å². The molecule has 1 N–H and O–H groups in total. The van der Waals surface area contributed by atoms with Crippen molar-refractivity contribution in [2.45, 2.75) is 45.6 Å². The zero-order valence-electron chi connectivity index (χ0n) is 16.6. The summed E-state index contributed by atoms with van der Waals surface area (Å²) in [5, 5.41) is 4.29. The Bertz CT molecular complexity index is 799. The molecule has 0 bridgehead atoms. The van der Waals surface area contributed by atoms with E-state index in [1.165, 1.54) is 18.5 Å². The van der Waals surface area contributed by atoms with Gasteiger partial charge in [0, 0.05) is 35.2 Å². The second-order valence-electron chi connectivity index (χ2n) is 7.79. The van der Waals surface area contributed by atoms with E-state index in [0.717, 1.165) is 30.1 Å². The average Bonchev–Trinajstić information content (AvgIpc) is 2.68. The zero-order chi connectivity index (χ0) is 20.1. The molecule has 1 heterocycles. The number of carbonyl (C=O) groups is 1. The van der Waals surface area contributed by atoms with Crippen LogP contribution in [0.5, 0.6) is 0 Å². The predicted molar refractivity (Wildman–Crippen MR) is 118 cm³/mol. The fourth-order valence-corrected chi connectivity index (χ4v) is 4.11. The van der Waals surface area contributed by atoms with E-state index in [4.69, 9.17) is 23.2 Å². The van der Waals surface area contributed by atoms with Gasteiger partial charge >= 0.3 is 0 Å². The van der Waals surface area contributed by atoms with Crippen molar-refractivity contribution in [3.63, 3.8) is 0 Å². The number of piperidine rings is 1. The maximum Gasteiger partial charge on any atom is 0.220 e. The minimum absolute atomic E-state index is 0.0209. The van der Waals surface area contributed by atoms with Crippen molar-refractivity contribution in [3.05, 3.63) is 63.6 Å². The fraction of sp³-hybridized carbons (Fsp3) is 0.435. The number of amides is 1. The van der Waals surface area contributed by atoms with E-state index in [-0.39, 0.29) is 11.9 Å². The first-order valence-electron chi connectivity index (χ1n) is 10.0. The summed E-state index contributed by atoms with van der Waals surface area (Å²) in [6.45, 7) is 6.59. The number of hydrogen-bond donors (Lipinski definition) is 1. The second kappa shape index (κ2) is 9.67. The average molecular weight is 419 g/mol. The summed E-state index contributed by atoms with van der Waals surface area (Å²) in [5.74, 6) is 0.848. The standard InChI is InChI=1S/C23H28Cl2N2O/c1-16-11-13-27(14-12-16)21-8-4-18(5-9-21)17(2)26-23(28)10-6-19-3-7-20(24)15-22(19)25/h3-5,7-9,15-17H,6,10-14H2,1-2H3,(H,26,28). The Morgan fingerprint density at radius 2 is 1.82 bits per heavy atom. The molecule has 3 nitrogen and oxygen atoms in total. The van der Waals surface area contributed by atoms with Gasteiger partial charge in [-0.1, -0.05) is 48.3 Å². The lowest BCUT2D eigenvalue weighted by Crippen LogP contribution is -2.32. The molecule has 0 radical (unpaired) electrons. The Morgan fingerprint density at radius 1 is 1.14 bits per heavy atom. The lowest BCUT2D eigenvalue weighted by molar-refractivity contribution is -0.121. The smallest absolute Gasteiger partial charge is 0.220 e. The van der Waals surface area contributed by atoms with Gasteiger partial charge in [0.05, 0.1) is 6.04 Å². The topological polar surface area (TPSA) is 32.3 Å². The Kier molecular flexibility index (Phi) is 7.25. The van der Waals surface area contributed by atoms with Gasteiger partial charge in [0.1, 0.15) is 0 Å². The van der Waals surface area contributed by atoms with Crippen LogP contribution in [-0.2, 0) is 11.2 Å². The SMILES string of the molecule is CC1CCN(c2ccc(C(C)NC(=O)CCc3ccc(Cl)cc3Cl)cc2)CC1. The van der Waals surface area contributed by atoms with E-state index in [0.29, 0.717) is 22.9 Å². The summed E-state index contributed by atoms with van der Waals surface area (Å²) in [4.78, 5) is 14.8. The maximum absolute atomic E-state index is 12.3. The van der Waals surface area contributed by atoms with Crippen molar-refractivity contribution in [2.75, 3.05) is 18.0 Å². The molecule has 2 aromatic carbocycles. The van der Waals surface area contributed by atoms with Crippen LogP contribution in [-0.4, -0.2) is 19.0 Å². The molecule has 1 atom stereocenters. The summed E-state index contributed by atoms with van der Waals surface area (Å²) in [6.07, 6.45) is 3.51. The molecule has 1 aliphatic heterocycles. The largest absolute Gasteiger partial charge is 0.372 e. The number of rotatable bonds is 6. The first kappa shape index (κ1) is 21.0. The molecule has 0 aliphatic carbocycles. The van der Waals surface area contributed by atoms with Gasteiger partial charge in [-0.3, -0.25) is 4.79 Å². The maximum atomic E-state index is 12.3. The summed E-state index contributed by atoms with van der Waals surface area (Å²) < 4.78 is 0. The van der Waals surface area contributed by atoms with Gasteiger partial charge in [-0.15, -0.1) is 0 Å². The highest BCUT2D eigenvalue weighted by molar-refractivity contribution is 6.35. The van der Waals surface area contributed by atoms with Crippen LogP contribution < -0.4 is 10.2 Å². The summed E-state index contributed by atoms with van der Waals surface area (Å²) in [6, 6.07) is 13.9. The molecular weight excluding hydrogens is 391 g/mol. The molecule has 1 amide bonds. The third-order valence-corrected chi connectivity index (χ3v) is 6.14. The molecule has 2 aromatic rings. The van der Waals surface area contributed by atoms with Crippen molar-refractivity contribution in [1.29, 1.82) is 0 Å². The normalized spacial score (nSPS) is 16.1. The third kappa shape index (κ3) is 5.65. The minimum atomic E-state index is -0.0244. The molecular formula is C23H28Cl2N2O. The van der Waals surface area contributed by atoms with Crippen LogP contribution >= 0.6 is 23.2 Å². The quantitative estimate of drug-likeness (QED) is 0.619. The van der Waals surface area contributed by atoms with E-state index in [1.54, 1.807) is 12.1 Å². The van der Waals surface area contributed by atoms with Crippen LogP contribution in [0.4, 0.5) is 5.69 Å². The van der Waals surface area contributed by atoms with E-state index in [9.17, 15) is 4.79 Å². The van der Waals surface area contributed by atoms with Crippen LogP contribution in [0.15, 0.2) is 42.5 Å². The minimum Gasteiger partial charge on any atom is -0.372 e. The Hall–Kier alpha value is -1.71. The first-order valence-corrected chi connectivity index (χ1v) is 10.8. The van der Waals surface area contributed by atoms with Gasteiger partial charge in [-0.2, -0.15) is 0 Å². The number of carbonyl (C=O) groups excluding carboxylic acids is 1. The Labute approximate surface area is 178 Å². The van der Waals surface area contributed by atoms with Gasteiger partial charge in [-0.25, -0.2) is 0 Å². The highest BCUT2D eigenvalue weighted by Crippen LogP contribution is 2.25. The Balaban J connectivity index is 1.51. The van der Waals surface area contributed by atoms with Crippen molar-refractivity contribution in [3.8, 4) is 0 Å². The molecule has 1 fully saturated rings. The molecule has 150 valence electrons. The molecule has 0 spiro atoms. The number of hydrogen-bond acceptors (Lipinski definition) is 2. The monoisotopic (exact) mass is 418 g/mol. The van der Waals surface area contributed by atoms with E-state index in [1.807, 2.05) is 13.0 Å². The molecule has 3 rings (SSSR count). The van der Waals surface area contributed by atoms with Crippen LogP contribution in [0.3, 0.4) is 0 Å². The summed E-state index contributed by atoms with van der Waals surface area (Å²) in [7, 11) is 0.